The van der Waals surface area contributed by atoms with Crippen molar-refractivity contribution in [3.8, 4) is 11.5 Å². The summed E-state index contributed by atoms with van der Waals surface area (Å²) in [5.74, 6) is 3.66. The number of aliphatic hydroxyl groups is 7. The molecule has 0 spiro atoms. The zero-order chi connectivity index (χ0) is 39.2. The normalized spacial score (nSPS) is 34.4. The molecule has 0 aliphatic carbocycles. The first-order chi connectivity index (χ1) is 25.0. The number of benzene rings is 1. The van der Waals surface area contributed by atoms with E-state index in [1.54, 1.807) is 0 Å². The van der Waals surface area contributed by atoms with E-state index in [2.05, 4.69) is 34.6 Å². The quantitative estimate of drug-likeness (QED) is 0.114. The lowest BCUT2D eigenvalue weighted by atomic mass is 9.83. The maximum absolute atomic E-state index is 10.9. The largest absolute Gasteiger partial charge is 0.487 e. The summed E-state index contributed by atoms with van der Waals surface area (Å²) in [5.41, 5.74) is 3.34. The van der Waals surface area contributed by atoms with Gasteiger partial charge in [-0.1, -0.05) is 72.6 Å². The van der Waals surface area contributed by atoms with Crippen LogP contribution in [0.4, 0.5) is 0 Å². The van der Waals surface area contributed by atoms with E-state index < -0.39 is 74.6 Å². The van der Waals surface area contributed by atoms with Gasteiger partial charge in [0, 0.05) is 5.56 Å². The summed E-state index contributed by atoms with van der Waals surface area (Å²) in [7, 11) is 0. The van der Waals surface area contributed by atoms with Crippen LogP contribution in [0.3, 0.4) is 0 Å². The van der Waals surface area contributed by atoms with E-state index in [0.717, 1.165) is 65.5 Å². The second-order valence-electron chi connectivity index (χ2n) is 17.1. The first-order valence-corrected chi connectivity index (χ1v) is 20.1. The van der Waals surface area contributed by atoms with Crippen LogP contribution in [-0.2, 0) is 20.6 Å². The van der Waals surface area contributed by atoms with Gasteiger partial charge in [0.2, 0.25) is 6.29 Å². The van der Waals surface area contributed by atoms with E-state index in [0.29, 0.717) is 11.7 Å². The highest BCUT2D eigenvalue weighted by Gasteiger charge is 2.48. The fourth-order valence-corrected chi connectivity index (χ4v) is 8.10. The van der Waals surface area contributed by atoms with Gasteiger partial charge in [0.25, 0.3) is 0 Å². The number of fused-ring (bicyclic) bond motifs is 1. The molecule has 306 valence electrons. The van der Waals surface area contributed by atoms with E-state index in [4.69, 9.17) is 23.7 Å². The number of rotatable bonds is 18. The first-order valence-electron chi connectivity index (χ1n) is 20.1. The molecular formula is C41H70O12. The average molecular weight is 755 g/mol. The molecule has 3 aliphatic rings. The Labute approximate surface area is 316 Å². The molecular weight excluding hydrogens is 684 g/mol. The van der Waals surface area contributed by atoms with Crippen LogP contribution in [0.1, 0.15) is 121 Å². The molecule has 13 atom stereocenters. The van der Waals surface area contributed by atoms with Gasteiger partial charge in [0.05, 0.1) is 13.2 Å². The van der Waals surface area contributed by atoms with Crippen LogP contribution in [0.2, 0.25) is 0 Å². The van der Waals surface area contributed by atoms with Crippen molar-refractivity contribution in [2.45, 2.75) is 193 Å². The molecule has 0 aromatic heterocycles. The molecule has 12 heteroatoms. The van der Waals surface area contributed by atoms with Gasteiger partial charge in [-0.05, 0) is 87.8 Å². The Morgan fingerprint density at radius 3 is 1.83 bits per heavy atom. The van der Waals surface area contributed by atoms with Crippen LogP contribution >= 0.6 is 0 Å². The summed E-state index contributed by atoms with van der Waals surface area (Å²) in [6.07, 6.45) is -2.09. The molecule has 3 aliphatic heterocycles. The van der Waals surface area contributed by atoms with E-state index >= 15 is 0 Å². The maximum atomic E-state index is 10.9. The molecule has 1 aromatic rings. The smallest absolute Gasteiger partial charge is 0.229 e. The Morgan fingerprint density at radius 2 is 1.23 bits per heavy atom. The molecule has 0 amide bonds. The van der Waals surface area contributed by atoms with Crippen molar-refractivity contribution in [2.75, 3.05) is 13.2 Å². The highest BCUT2D eigenvalue weighted by molar-refractivity contribution is 5.59. The highest BCUT2D eigenvalue weighted by Crippen LogP contribution is 2.46. The van der Waals surface area contributed by atoms with Gasteiger partial charge < -0.3 is 59.4 Å². The van der Waals surface area contributed by atoms with E-state index in [1.165, 1.54) is 44.9 Å². The Kier molecular flexibility index (Phi) is 16.3. The molecule has 1 aromatic carbocycles. The summed E-state index contributed by atoms with van der Waals surface area (Å²) in [4.78, 5) is 0. The minimum atomic E-state index is -1.65. The predicted molar refractivity (Wildman–Crippen MR) is 200 cm³/mol. The van der Waals surface area contributed by atoms with Gasteiger partial charge >= 0.3 is 0 Å². The number of hydrogen-bond acceptors (Lipinski definition) is 12. The van der Waals surface area contributed by atoms with Crippen molar-refractivity contribution >= 4 is 0 Å². The highest BCUT2D eigenvalue weighted by atomic mass is 16.7. The van der Waals surface area contributed by atoms with Gasteiger partial charge in [-0.2, -0.15) is 0 Å². The fraction of sp³-hybridized carbons (Fsp3) is 0.854. The molecule has 2 fully saturated rings. The van der Waals surface area contributed by atoms with E-state index in [1.807, 2.05) is 20.8 Å². The summed E-state index contributed by atoms with van der Waals surface area (Å²) in [5, 5.41) is 72.3. The zero-order valence-corrected chi connectivity index (χ0v) is 33.4. The van der Waals surface area contributed by atoms with Crippen molar-refractivity contribution in [1.82, 2.24) is 0 Å². The number of aliphatic hydroxyl groups excluding tert-OH is 7. The Hall–Kier alpha value is -1.58. The van der Waals surface area contributed by atoms with Gasteiger partial charge in [0.15, 0.2) is 6.29 Å². The third kappa shape index (κ3) is 11.1. The maximum Gasteiger partial charge on any atom is 0.229 e. The van der Waals surface area contributed by atoms with Gasteiger partial charge in [-0.3, -0.25) is 0 Å². The third-order valence-corrected chi connectivity index (χ3v) is 12.0. The first kappa shape index (κ1) is 44.1. The van der Waals surface area contributed by atoms with Crippen LogP contribution in [0, 0.1) is 38.5 Å². The predicted octanol–water partition coefficient (Wildman–Crippen LogP) is 4.14. The molecule has 2 saturated heterocycles. The van der Waals surface area contributed by atoms with Crippen LogP contribution in [0.25, 0.3) is 0 Å². The lowest BCUT2D eigenvalue weighted by Gasteiger charge is -2.43. The van der Waals surface area contributed by atoms with Crippen LogP contribution in [0.5, 0.6) is 11.5 Å². The van der Waals surface area contributed by atoms with Gasteiger partial charge in [-0.15, -0.1) is 0 Å². The molecule has 3 heterocycles. The Morgan fingerprint density at radius 1 is 0.679 bits per heavy atom. The minimum Gasteiger partial charge on any atom is -0.487 e. The Balaban J connectivity index is 1.34. The molecule has 1 unspecified atom stereocenters. The second-order valence-corrected chi connectivity index (χ2v) is 17.1. The number of hydrogen-bond donors (Lipinski definition) is 7. The molecule has 0 saturated carbocycles. The van der Waals surface area contributed by atoms with Crippen LogP contribution < -0.4 is 9.47 Å². The molecule has 4 rings (SSSR count). The van der Waals surface area contributed by atoms with Crippen molar-refractivity contribution in [3.05, 3.63) is 22.3 Å². The van der Waals surface area contributed by atoms with E-state index in [-0.39, 0.29) is 5.60 Å². The molecule has 7 N–H and O–H groups in total. The van der Waals surface area contributed by atoms with Crippen molar-refractivity contribution in [3.63, 3.8) is 0 Å². The monoisotopic (exact) mass is 754 g/mol. The molecule has 53 heavy (non-hydrogen) atoms. The average Bonchev–Trinajstić information content (AvgIpc) is 3.11. The van der Waals surface area contributed by atoms with Crippen molar-refractivity contribution in [2.24, 2.45) is 17.8 Å². The lowest BCUT2D eigenvalue weighted by molar-refractivity contribution is -0.323. The zero-order valence-electron chi connectivity index (χ0n) is 33.4. The minimum absolute atomic E-state index is 0.277. The molecule has 0 bridgehead atoms. The van der Waals surface area contributed by atoms with Crippen LogP contribution in [-0.4, -0.2) is 116 Å². The summed E-state index contributed by atoms with van der Waals surface area (Å²) < 4.78 is 30.0. The summed E-state index contributed by atoms with van der Waals surface area (Å²) >= 11 is 0. The summed E-state index contributed by atoms with van der Waals surface area (Å²) in [6, 6.07) is 0. The van der Waals surface area contributed by atoms with Crippen molar-refractivity contribution in [1.29, 1.82) is 0 Å². The van der Waals surface area contributed by atoms with Gasteiger partial charge in [-0.25, -0.2) is 0 Å². The van der Waals surface area contributed by atoms with Crippen LogP contribution in [0.15, 0.2) is 0 Å². The van der Waals surface area contributed by atoms with Crippen molar-refractivity contribution < 1.29 is 59.4 Å². The molecule has 0 radical (unpaired) electrons. The topological polar surface area (TPSA) is 188 Å². The fourth-order valence-electron chi connectivity index (χ4n) is 8.10. The standard InChI is InChI=1S/C41H70O12/c1-22(2)12-9-13-23(3)14-10-15-24(4)16-11-18-41(8)19-17-28-27(7)37(25(5)26(6)38(28)53-41)52-40-36(48)34(46)32(44)30(51-40)21-49-39-35(47)33(45)31(43)29(20-42)50-39/h22-24,29-36,39-40,42-48H,9-21H2,1-8H3/t23-,24-,29-,30-,31+,32-,33+,34+,35-,36-,39+,40?,41-/m1/s1. The molecule has 12 nitrogen and oxygen atoms in total. The Bertz CT molecular complexity index is 1290. The SMILES string of the molecule is Cc1c(C)c2c(c(C)c1OC1O[C@H](CO[C@H]3O[C@H](CO)[C@H](O)[C@H](O)[C@H]3O)[C@@H](O)[C@H](O)[C@H]1O)CC[C@@](C)(CCC[C@H](C)CCC[C@H](C)CCCC(C)C)O2. The van der Waals surface area contributed by atoms with Gasteiger partial charge in [0.1, 0.15) is 65.9 Å². The second kappa shape index (κ2) is 19.5. The summed E-state index contributed by atoms with van der Waals surface area (Å²) in [6.45, 7) is 16.4. The number of ether oxygens (including phenoxy) is 5. The lowest BCUT2D eigenvalue weighted by Crippen LogP contribution is -2.62. The third-order valence-electron chi connectivity index (χ3n) is 12.0. The van der Waals surface area contributed by atoms with E-state index in [9.17, 15) is 35.7 Å².